The third-order valence-corrected chi connectivity index (χ3v) is 3.25. The zero-order valence-corrected chi connectivity index (χ0v) is 12.0. The second kappa shape index (κ2) is 5.96. The number of methoxy groups -OCH3 is 1. The Labute approximate surface area is 121 Å². The van der Waals surface area contributed by atoms with E-state index in [1.165, 1.54) is 14.0 Å². The largest absolute Gasteiger partial charge is 0.467 e. The monoisotopic (exact) mass is 294 g/mol. The number of fused-ring (bicyclic) bond motifs is 1. The summed E-state index contributed by atoms with van der Waals surface area (Å²) >= 11 is 5.92. The topological polar surface area (TPSA) is 71.2 Å². The molecule has 0 saturated carbocycles. The van der Waals surface area contributed by atoms with E-state index in [4.69, 9.17) is 16.3 Å². The van der Waals surface area contributed by atoms with Gasteiger partial charge in [0.2, 0.25) is 5.91 Å². The van der Waals surface area contributed by atoms with Crippen LogP contribution in [0.25, 0.3) is 10.9 Å². The van der Waals surface area contributed by atoms with Crippen LogP contribution in [0.1, 0.15) is 12.5 Å². The van der Waals surface area contributed by atoms with Crippen molar-refractivity contribution in [3.05, 3.63) is 35.0 Å². The number of hydrogen-bond acceptors (Lipinski definition) is 3. The number of rotatable bonds is 4. The molecule has 20 heavy (non-hydrogen) atoms. The Bertz CT molecular complexity index is 651. The molecule has 0 aliphatic heterocycles. The number of benzene rings is 1. The van der Waals surface area contributed by atoms with Crippen LogP contribution in [-0.4, -0.2) is 30.0 Å². The predicted octanol–water partition coefficient (Wildman–Crippen LogP) is 2.04. The number of aromatic nitrogens is 1. The van der Waals surface area contributed by atoms with Gasteiger partial charge in [-0.25, -0.2) is 4.79 Å². The van der Waals surface area contributed by atoms with Crippen molar-refractivity contribution in [3.8, 4) is 0 Å². The summed E-state index contributed by atoms with van der Waals surface area (Å²) in [5, 5.41) is 4.19. The number of ether oxygens (including phenoxy) is 1. The average Bonchev–Trinajstić information content (AvgIpc) is 2.78. The SMILES string of the molecule is COC(=O)C(Cc1c[nH]c2cc(Cl)ccc12)NC(C)=O. The third kappa shape index (κ3) is 3.11. The highest BCUT2D eigenvalue weighted by molar-refractivity contribution is 6.31. The van der Waals surface area contributed by atoms with E-state index in [9.17, 15) is 9.59 Å². The maximum absolute atomic E-state index is 11.7. The summed E-state index contributed by atoms with van der Waals surface area (Å²) in [6, 6.07) is 4.77. The summed E-state index contributed by atoms with van der Waals surface area (Å²) < 4.78 is 4.71. The van der Waals surface area contributed by atoms with Gasteiger partial charge in [0.25, 0.3) is 0 Å². The molecule has 1 aromatic carbocycles. The highest BCUT2D eigenvalue weighted by Crippen LogP contribution is 2.23. The Morgan fingerprint density at radius 3 is 2.85 bits per heavy atom. The van der Waals surface area contributed by atoms with E-state index in [0.717, 1.165) is 16.5 Å². The van der Waals surface area contributed by atoms with Crippen LogP contribution in [-0.2, 0) is 20.7 Å². The minimum atomic E-state index is -0.702. The number of H-pyrrole nitrogens is 1. The molecular formula is C14H15ClN2O3. The van der Waals surface area contributed by atoms with E-state index < -0.39 is 12.0 Å². The van der Waals surface area contributed by atoms with Gasteiger partial charge in [-0.3, -0.25) is 4.79 Å². The lowest BCUT2D eigenvalue weighted by molar-refractivity contribution is -0.144. The van der Waals surface area contributed by atoms with Crippen LogP contribution < -0.4 is 5.32 Å². The number of hydrogen-bond donors (Lipinski definition) is 2. The first kappa shape index (κ1) is 14.4. The molecule has 1 heterocycles. The van der Waals surface area contributed by atoms with E-state index in [-0.39, 0.29) is 5.91 Å². The first-order valence-electron chi connectivity index (χ1n) is 6.11. The van der Waals surface area contributed by atoms with Gasteiger partial charge in [0.1, 0.15) is 6.04 Å². The van der Waals surface area contributed by atoms with Crippen molar-refractivity contribution in [2.75, 3.05) is 7.11 Å². The molecular weight excluding hydrogens is 280 g/mol. The van der Waals surface area contributed by atoms with Crippen LogP contribution in [0.5, 0.6) is 0 Å². The summed E-state index contributed by atoms with van der Waals surface area (Å²) in [6.07, 6.45) is 2.16. The zero-order valence-electron chi connectivity index (χ0n) is 11.2. The van der Waals surface area contributed by atoms with Crippen molar-refractivity contribution in [2.45, 2.75) is 19.4 Å². The number of halogens is 1. The predicted molar refractivity (Wildman–Crippen MR) is 76.6 cm³/mol. The molecule has 0 radical (unpaired) electrons. The molecule has 5 nitrogen and oxygen atoms in total. The summed E-state index contributed by atoms with van der Waals surface area (Å²) in [7, 11) is 1.30. The first-order valence-corrected chi connectivity index (χ1v) is 6.49. The van der Waals surface area contributed by atoms with Crippen LogP contribution in [0.3, 0.4) is 0 Å². The molecule has 6 heteroatoms. The molecule has 1 aromatic heterocycles. The number of esters is 1. The van der Waals surface area contributed by atoms with Crippen LogP contribution in [0.4, 0.5) is 0 Å². The van der Waals surface area contributed by atoms with E-state index in [1.807, 2.05) is 12.1 Å². The van der Waals surface area contributed by atoms with Crippen molar-refractivity contribution in [2.24, 2.45) is 0 Å². The highest BCUT2D eigenvalue weighted by atomic mass is 35.5. The molecule has 0 fully saturated rings. The minimum absolute atomic E-state index is 0.275. The number of aromatic amines is 1. The van der Waals surface area contributed by atoms with Gasteiger partial charge in [-0.2, -0.15) is 0 Å². The smallest absolute Gasteiger partial charge is 0.328 e. The Kier molecular flexibility index (Phi) is 4.29. The maximum atomic E-state index is 11.7. The summed E-state index contributed by atoms with van der Waals surface area (Å²) in [4.78, 5) is 26.0. The Hall–Kier alpha value is -2.01. The second-order valence-electron chi connectivity index (χ2n) is 4.48. The van der Waals surface area contributed by atoms with Gasteiger partial charge in [0.05, 0.1) is 7.11 Å². The lowest BCUT2D eigenvalue weighted by atomic mass is 10.0. The summed E-state index contributed by atoms with van der Waals surface area (Å²) in [5.74, 6) is -0.744. The van der Waals surface area contributed by atoms with Crippen molar-refractivity contribution in [1.29, 1.82) is 0 Å². The number of nitrogens with one attached hydrogen (secondary N) is 2. The highest BCUT2D eigenvalue weighted by Gasteiger charge is 2.21. The molecule has 1 amide bonds. The van der Waals surface area contributed by atoms with Crippen molar-refractivity contribution >= 4 is 34.4 Å². The van der Waals surface area contributed by atoms with Gasteiger partial charge in [-0.05, 0) is 17.7 Å². The molecule has 1 atom stereocenters. The Balaban J connectivity index is 2.28. The lowest BCUT2D eigenvalue weighted by Crippen LogP contribution is -2.41. The van der Waals surface area contributed by atoms with E-state index in [0.29, 0.717) is 11.4 Å². The van der Waals surface area contributed by atoms with E-state index >= 15 is 0 Å². The fourth-order valence-electron chi connectivity index (χ4n) is 2.13. The fourth-order valence-corrected chi connectivity index (χ4v) is 2.30. The molecule has 1 unspecified atom stereocenters. The van der Waals surface area contributed by atoms with Crippen molar-refractivity contribution in [1.82, 2.24) is 10.3 Å². The van der Waals surface area contributed by atoms with Crippen LogP contribution in [0.15, 0.2) is 24.4 Å². The fraction of sp³-hybridized carbons (Fsp3) is 0.286. The molecule has 0 bridgehead atoms. The first-order chi connectivity index (χ1) is 9.51. The summed E-state index contributed by atoms with van der Waals surface area (Å²) in [5.41, 5.74) is 1.81. The number of carbonyl (C=O) groups is 2. The zero-order chi connectivity index (χ0) is 14.7. The molecule has 0 aliphatic rings. The van der Waals surface area contributed by atoms with E-state index in [2.05, 4.69) is 10.3 Å². The Morgan fingerprint density at radius 1 is 1.45 bits per heavy atom. The normalized spacial score (nSPS) is 12.2. The van der Waals surface area contributed by atoms with Crippen LogP contribution >= 0.6 is 11.6 Å². The Morgan fingerprint density at radius 2 is 2.20 bits per heavy atom. The molecule has 2 aromatic rings. The van der Waals surface area contributed by atoms with Crippen molar-refractivity contribution in [3.63, 3.8) is 0 Å². The maximum Gasteiger partial charge on any atom is 0.328 e. The van der Waals surface area contributed by atoms with Gasteiger partial charge in [0.15, 0.2) is 0 Å². The van der Waals surface area contributed by atoms with Crippen molar-refractivity contribution < 1.29 is 14.3 Å². The molecule has 106 valence electrons. The molecule has 2 rings (SSSR count). The van der Waals surface area contributed by atoms with Gasteiger partial charge >= 0.3 is 5.97 Å². The average molecular weight is 295 g/mol. The third-order valence-electron chi connectivity index (χ3n) is 3.02. The number of carbonyl (C=O) groups excluding carboxylic acids is 2. The lowest BCUT2D eigenvalue weighted by Gasteiger charge is -2.14. The van der Waals surface area contributed by atoms with Gasteiger partial charge in [-0.1, -0.05) is 17.7 Å². The second-order valence-corrected chi connectivity index (χ2v) is 4.92. The van der Waals surface area contributed by atoms with Crippen LogP contribution in [0, 0.1) is 0 Å². The van der Waals surface area contributed by atoms with E-state index in [1.54, 1.807) is 12.3 Å². The summed E-state index contributed by atoms with van der Waals surface area (Å²) in [6.45, 7) is 1.37. The standard InChI is InChI=1S/C14H15ClN2O3/c1-8(18)17-13(14(19)20-2)5-9-7-16-12-6-10(15)3-4-11(9)12/h3-4,6-7,13,16H,5H2,1-2H3,(H,17,18). The quantitative estimate of drug-likeness (QED) is 0.848. The molecule has 0 aliphatic carbocycles. The van der Waals surface area contributed by atoms with Gasteiger partial charge in [-0.15, -0.1) is 0 Å². The minimum Gasteiger partial charge on any atom is -0.467 e. The molecule has 0 saturated heterocycles. The number of amides is 1. The van der Waals surface area contributed by atoms with Gasteiger partial charge in [0, 0.05) is 35.5 Å². The molecule has 0 spiro atoms. The van der Waals surface area contributed by atoms with Gasteiger partial charge < -0.3 is 15.0 Å². The molecule has 2 N–H and O–H groups in total. The van der Waals surface area contributed by atoms with Crippen LogP contribution in [0.2, 0.25) is 5.02 Å².